The van der Waals surface area contributed by atoms with Crippen LogP contribution in [0.4, 0.5) is 0 Å². The largest absolute Gasteiger partial charge is 0.477 e. The van der Waals surface area contributed by atoms with Crippen molar-refractivity contribution in [2.45, 2.75) is 64.9 Å². The zero-order valence-corrected chi connectivity index (χ0v) is 25.2. The first-order valence-electron chi connectivity index (χ1n) is 14.4. The Hall–Kier alpha value is -5.19. The molecule has 2 heterocycles. The predicted octanol–water partition coefficient (Wildman–Crippen LogP) is 6.13. The molecule has 2 aromatic heterocycles. The minimum Gasteiger partial charge on any atom is -0.477 e. The number of carboxylic acids is 1. The molecule has 0 saturated carbocycles. The Morgan fingerprint density at radius 1 is 0.818 bits per heavy atom. The van der Waals surface area contributed by atoms with Crippen LogP contribution in [0.25, 0.3) is 33.6 Å². The molecule has 11 heteroatoms. The van der Waals surface area contributed by atoms with Gasteiger partial charge in [0.1, 0.15) is 28.7 Å². The number of aromatic amines is 2. The Bertz CT molecular complexity index is 1830. The molecule has 0 amide bonds. The van der Waals surface area contributed by atoms with Crippen LogP contribution in [0.15, 0.2) is 48.8 Å². The number of ether oxygens (including phenoxy) is 1. The summed E-state index contributed by atoms with van der Waals surface area (Å²) in [5, 5.41) is 25.6. The molecule has 11 nitrogen and oxygen atoms in total. The lowest BCUT2D eigenvalue weighted by atomic mass is 9.99. The van der Waals surface area contributed by atoms with Crippen molar-refractivity contribution in [2.24, 2.45) is 0 Å². The maximum Gasteiger partial charge on any atom is 0.353 e. The second-order valence-electron chi connectivity index (χ2n) is 11.8. The van der Waals surface area contributed by atoms with E-state index in [1.165, 1.54) is 0 Å². The lowest BCUT2D eigenvalue weighted by Crippen LogP contribution is -2.31. The maximum absolute atomic E-state index is 13.6. The Morgan fingerprint density at radius 2 is 1.27 bits per heavy atom. The summed E-state index contributed by atoms with van der Waals surface area (Å²) >= 11 is 0. The molecule has 1 aliphatic rings. The van der Waals surface area contributed by atoms with E-state index < -0.39 is 35.1 Å². The summed E-state index contributed by atoms with van der Waals surface area (Å²) in [6, 6.07) is 11.2. The molecule has 2 unspecified atom stereocenters. The average molecular weight is 595 g/mol. The van der Waals surface area contributed by atoms with Gasteiger partial charge in [-0.3, -0.25) is 15.6 Å². The quantitative estimate of drug-likeness (QED) is 0.0950. The molecule has 0 spiro atoms. The van der Waals surface area contributed by atoms with Gasteiger partial charge >= 0.3 is 11.9 Å². The molecule has 2 atom stereocenters. The Balaban J connectivity index is 1.39. The number of carbonyl (C=O) groups is 3. The monoisotopic (exact) mass is 594 g/mol. The summed E-state index contributed by atoms with van der Waals surface area (Å²) in [6.07, 6.45) is 4.10. The zero-order valence-electron chi connectivity index (χ0n) is 25.2. The predicted molar refractivity (Wildman–Crippen MR) is 165 cm³/mol. The van der Waals surface area contributed by atoms with Crippen LogP contribution in [0.5, 0.6) is 0 Å². The molecule has 0 radical (unpaired) electrons. The number of rotatable bonds is 10. The van der Waals surface area contributed by atoms with Crippen molar-refractivity contribution in [3.8, 4) is 33.6 Å². The van der Waals surface area contributed by atoms with Crippen LogP contribution in [0.3, 0.4) is 0 Å². The molecular formula is C33H34N6O5. The van der Waals surface area contributed by atoms with Crippen molar-refractivity contribution in [2.75, 3.05) is 0 Å². The van der Waals surface area contributed by atoms with Gasteiger partial charge in [-0.15, -0.1) is 0 Å². The van der Waals surface area contributed by atoms with Crippen molar-refractivity contribution in [3.63, 3.8) is 0 Å². The fourth-order valence-corrected chi connectivity index (χ4v) is 5.43. The van der Waals surface area contributed by atoms with Crippen molar-refractivity contribution in [1.82, 2.24) is 19.9 Å². The van der Waals surface area contributed by atoms with Crippen molar-refractivity contribution in [1.29, 1.82) is 10.8 Å². The highest BCUT2D eigenvalue weighted by Gasteiger charge is 2.31. The van der Waals surface area contributed by atoms with E-state index in [9.17, 15) is 19.5 Å². The van der Waals surface area contributed by atoms with E-state index in [0.717, 1.165) is 22.3 Å². The summed E-state index contributed by atoms with van der Waals surface area (Å²) in [4.78, 5) is 52.6. The second kappa shape index (κ2) is 11.5. The highest BCUT2D eigenvalue weighted by molar-refractivity contribution is 6.37. The van der Waals surface area contributed by atoms with Gasteiger partial charge in [-0.1, -0.05) is 38.1 Å². The van der Waals surface area contributed by atoms with E-state index in [1.807, 2.05) is 37.3 Å². The molecule has 4 aromatic rings. The maximum atomic E-state index is 13.6. The fourth-order valence-electron chi connectivity index (χ4n) is 5.43. The summed E-state index contributed by atoms with van der Waals surface area (Å²) in [7, 11) is 0. The fraction of sp³-hybridized carbons (Fsp3) is 0.303. The van der Waals surface area contributed by atoms with Gasteiger partial charge in [0.2, 0.25) is 0 Å². The average Bonchev–Trinajstić information content (AvgIpc) is 3.72. The van der Waals surface area contributed by atoms with Gasteiger partial charge in [-0.05, 0) is 56.9 Å². The number of fused-ring (bicyclic) bond motifs is 3. The van der Waals surface area contributed by atoms with Gasteiger partial charge in [0.05, 0.1) is 35.6 Å². The standard InChI is InChI=1S/C33H34N6O5/c1-6-18(26(34)31(41)42)29-36-14-24(38-29)16-8-10-20-21-11-9-17(13-23(21)28(40)22(20)12-16)25-15-37-30(39-25)19(7-2)27(35)32(43)44-33(3,4)5/h8-15,18-19,34-35H,6-7H2,1-5H3,(H,36,38)(H,37,39)(H,41,42). The number of carbonyl (C=O) groups excluding carboxylic acids is 2. The summed E-state index contributed by atoms with van der Waals surface area (Å²) in [5.74, 6) is -2.47. The van der Waals surface area contributed by atoms with Crippen molar-refractivity contribution in [3.05, 3.63) is 71.6 Å². The van der Waals surface area contributed by atoms with E-state index in [1.54, 1.807) is 46.2 Å². The third-order valence-corrected chi connectivity index (χ3v) is 7.65. The number of nitrogens with zero attached hydrogens (tertiary/aromatic N) is 2. The van der Waals surface area contributed by atoms with E-state index in [4.69, 9.17) is 15.6 Å². The number of aromatic nitrogens is 4. The Morgan fingerprint density at radius 3 is 1.68 bits per heavy atom. The third kappa shape index (κ3) is 5.60. The normalized spacial score (nSPS) is 13.6. The summed E-state index contributed by atoms with van der Waals surface area (Å²) in [5.41, 5.74) is 4.13. The highest BCUT2D eigenvalue weighted by atomic mass is 16.6. The van der Waals surface area contributed by atoms with E-state index in [-0.39, 0.29) is 11.5 Å². The number of esters is 1. The lowest BCUT2D eigenvalue weighted by Gasteiger charge is -2.21. The number of hydrogen-bond donors (Lipinski definition) is 5. The van der Waals surface area contributed by atoms with Gasteiger partial charge in [0.25, 0.3) is 0 Å². The number of ketones is 1. The molecule has 2 aromatic carbocycles. The molecule has 5 N–H and O–H groups in total. The molecule has 44 heavy (non-hydrogen) atoms. The second-order valence-corrected chi connectivity index (χ2v) is 11.8. The van der Waals surface area contributed by atoms with Crippen LogP contribution in [0.1, 0.15) is 86.9 Å². The van der Waals surface area contributed by atoms with Gasteiger partial charge in [0, 0.05) is 22.3 Å². The van der Waals surface area contributed by atoms with E-state index in [2.05, 4.69) is 19.9 Å². The minimum atomic E-state index is -1.29. The molecule has 226 valence electrons. The number of nitrogens with one attached hydrogen (secondary N) is 4. The number of H-pyrrole nitrogens is 2. The zero-order chi connectivity index (χ0) is 31.9. The molecular weight excluding hydrogens is 560 g/mol. The van der Waals surface area contributed by atoms with Crippen LogP contribution in [0.2, 0.25) is 0 Å². The Kier molecular flexibility index (Phi) is 7.90. The highest BCUT2D eigenvalue weighted by Crippen LogP contribution is 2.40. The minimum absolute atomic E-state index is 0.129. The number of benzene rings is 2. The van der Waals surface area contributed by atoms with Crippen molar-refractivity contribution < 1.29 is 24.2 Å². The van der Waals surface area contributed by atoms with Crippen LogP contribution in [0, 0.1) is 10.8 Å². The first-order chi connectivity index (χ1) is 20.8. The smallest absolute Gasteiger partial charge is 0.353 e. The topological polar surface area (TPSA) is 186 Å². The number of carboxylic acid groups (broad SMARTS) is 1. The van der Waals surface area contributed by atoms with Crippen LogP contribution < -0.4 is 0 Å². The van der Waals surface area contributed by atoms with Crippen LogP contribution >= 0.6 is 0 Å². The lowest BCUT2D eigenvalue weighted by molar-refractivity contribution is -0.146. The molecule has 0 saturated heterocycles. The number of hydrogen-bond acceptors (Lipinski definition) is 8. The SMILES string of the molecule is CCC(C(=N)C(=O)O)c1ncc(-c2ccc3c(c2)C(=O)c2cc(-c4cnc(C(CC)C(=N)C(=O)OC(C)(C)C)[nH]4)ccc2-3)[nH]1. The Labute approximate surface area is 254 Å². The molecule has 0 bridgehead atoms. The van der Waals surface area contributed by atoms with Gasteiger partial charge in [-0.25, -0.2) is 19.6 Å². The van der Waals surface area contributed by atoms with E-state index in [0.29, 0.717) is 47.0 Å². The van der Waals surface area contributed by atoms with E-state index >= 15 is 0 Å². The summed E-state index contributed by atoms with van der Waals surface area (Å²) in [6.45, 7) is 8.94. The first kappa shape index (κ1) is 30.3. The molecule has 5 rings (SSSR count). The molecule has 1 aliphatic carbocycles. The van der Waals surface area contributed by atoms with Gasteiger partial charge < -0.3 is 19.8 Å². The third-order valence-electron chi connectivity index (χ3n) is 7.65. The molecule has 0 fully saturated rings. The van der Waals surface area contributed by atoms with Crippen LogP contribution in [-0.2, 0) is 14.3 Å². The van der Waals surface area contributed by atoms with Crippen LogP contribution in [-0.4, -0.2) is 59.8 Å². The molecule has 0 aliphatic heterocycles. The van der Waals surface area contributed by atoms with Gasteiger partial charge in [-0.2, -0.15) is 0 Å². The summed E-state index contributed by atoms with van der Waals surface area (Å²) < 4.78 is 5.38. The number of imidazole rings is 2. The number of aliphatic carboxylic acids is 1. The van der Waals surface area contributed by atoms with Gasteiger partial charge in [0.15, 0.2) is 5.78 Å². The van der Waals surface area contributed by atoms with Crippen molar-refractivity contribution >= 4 is 29.1 Å². The first-order valence-corrected chi connectivity index (χ1v) is 14.4.